The van der Waals surface area contributed by atoms with Crippen LogP contribution in [-0.2, 0) is 14.0 Å². The fourth-order valence-corrected chi connectivity index (χ4v) is 7.36. The summed E-state index contributed by atoms with van der Waals surface area (Å²) in [6.45, 7) is 12.5. The van der Waals surface area contributed by atoms with E-state index in [0.29, 0.717) is 11.1 Å². The number of hydrogen-bond acceptors (Lipinski definition) is 3. The Bertz CT molecular complexity index is 397. The SMILES string of the molecule is COC(=O)C1=CC(C)=C(C)O[Si]1(C(C)C)C(C)C. The molecule has 0 saturated heterocycles. The first-order valence-electron chi connectivity index (χ1n) is 6.44. The molecule has 0 N–H and O–H groups in total. The summed E-state index contributed by atoms with van der Waals surface area (Å²) in [5.41, 5.74) is 1.66. The largest absolute Gasteiger partial charge is 0.541 e. The molecule has 0 aliphatic carbocycles. The predicted octanol–water partition coefficient (Wildman–Crippen LogP) is 3.71. The van der Waals surface area contributed by atoms with Gasteiger partial charge in [-0.3, -0.25) is 0 Å². The van der Waals surface area contributed by atoms with Crippen molar-refractivity contribution in [2.24, 2.45) is 0 Å². The van der Waals surface area contributed by atoms with E-state index in [1.165, 1.54) is 7.11 Å². The van der Waals surface area contributed by atoms with Gasteiger partial charge in [-0.15, -0.1) is 0 Å². The topological polar surface area (TPSA) is 35.5 Å². The van der Waals surface area contributed by atoms with Gasteiger partial charge in [0, 0.05) is 0 Å². The van der Waals surface area contributed by atoms with Gasteiger partial charge in [-0.1, -0.05) is 27.7 Å². The molecule has 0 aromatic carbocycles. The molecule has 0 spiro atoms. The number of carbonyl (C=O) groups is 1. The van der Waals surface area contributed by atoms with Crippen molar-refractivity contribution in [1.29, 1.82) is 0 Å². The standard InChI is InChI=1S/C14H24O3Si/c1-9(2)18(10(3)4)13(14(15)16-7)8-11(5)12(6)17-18/h8-10H,1-7H3. The Kier molecular flexibility index (Phi) is 4.43. The van der Waals surface area contributed by atoms with Crippen LogP contribution in [0.25, 0.3) is 0 Å². The number of allylic oxidation sites excluding steroid dienone is 3. The van der Waals surface area contributed by atoms with Crippen molar-refractivity contribution in [2.75, 3.05) is 7.11 Å². The molecule has 0 radical (unpaired) electrons. The lowest BCUT2D eigenvalue weighted by atomic mass is 10.2. The number of hydrogen-bond donors (Lipinski definition) is 0. The van der Waals surface area contributed by atoms with Crippen LogP contribution in [0, 0.1) is 0 Å². The van der Waals surface area contributed by atoms with Crippen LogP contribution in [0.2, 0.25) is 11.1 Å². The highest BCUT2D eigenvalue weighted by molar-refractivity contribution is 6.87. The molecule has 1 aliphatic heterocycles. The molecule has 0 amide bonds. The quantitative estimate of drug-likeness (QED) is 0.578. The van der Waals surface area contributed by atoms with Crippen LogP contribution in [0.1, 0.15) is 41.5 Å². The van der Waals surface area contributed by atoms with Gasteiger partial charge in [-0.05, 0) is 36.6 Å². The molecule has 18 heavy (non-hydrogen) atoms. The lowest BCUT2D eigenvalue weighted by Crippen LogP contribution is -2.50. The molecule has 1 rings (SSSR count). The van der Waals surface area contributed by atoms with E-state index in [1.807, 2.05) is 19.9 Å². The van der Waals surface area contributed by atoms with Crippen molar-refractivity contribution in [3.05, 3.63) is 22.6 Å². The van der Waals surface area contributed by atoms with Crippen LogP contribution < -0.4 is 0 Å². The molecule has 1 heterocycles. The molecule has 0 unspecified atom stereocenters. The third-order valence-corrected chi connectivity index (χ3v) is 9.05. The number of carbonyl (C=O) groups excluding carboxylic acids is 1. The molecule has 0 aromatic heterocycles. The van der Waals surface area contributed by atoms with Gasteiger partial charge in [0.1, 0.15) is 0 Å². The summed E-state index contributed by atoms with van der Waals surface area (Å²) in [5.74, 6) is 0.702. The highest BCUT2D eigenvalue weighted by Crippen LogP contribution is 2.44. The van der Waals surface area contributed by atoms with Crippen molar-refractivity contribution < 1.29 is 14.0 Å². The van der Waals surface area contributed by atoms with Crippen LogP contribution >= 0.6 is 0 Å². The van der Waals surface area contributed by atoms with Gasteiger partial charge >= 0.3 is 5.97 Å². The van der Waals surface area contributed by atoms with E-state index in [0.717, 1.165) is 16.5 Å². The number of rotatable bonds is 3. The molecule has 0 aromatic rings. The van der Waals surface area contributed by atoms with E-state index in [2.05, 4.69) is 27.7 Å². The number of ether oxygens (including phenoxy) is 1. The van der Waals surface area contributed by atoms with Crippen LogP contribution in [0.15, 0.2) is 22.6 Å². The summed E-state index contributed by atoms with van der Waals surface area (Å²) < 4.78 is 11.2. The zero-order valence-electron chi connectivity index (χ0n) is 12.5. The smallest absolute Gasteiger partial charge is 0.333 e. The van der Waals surface area contributed by atoms with E-state index >= 15 is 0 Å². The molecule has 3 nitrogen and oxygen atoms in total. The molecular weight excluding hydrogens is 244 g/mol. The first-order valence-corrected chi connectivity index (χ1v) is 8.50. The average Bonchev–Trinajstić information content (AvgIpc) is 2.30. The lowest BCUT2D eigenvalue weighted by molar-refractivity contribution is -0.135. The average molecular weight is 268 g/mol. The molecule has 0 saturated carbocycles. The molecule has 4 heteroatoms. The van der Waals surface area contributed by atoms with E-state index in [-0.39, 0.29) is 5.97 Å². The lowest BCUT2D eigenvalue weighted by Gasteiger charge is -2.42. The Morgan fingerprint density at radius 1 is 1.22 bits per heavy atom. The summed E-state index contributed by atoms with van der Waals surface area (Å²) in [7, 11) is -0.893. The first-order chi connectivity index (χ1) is 8.27. The molecule has 0 atom stereocenters. The van der Waals surface area contributed by atoms with Crippen molar-refractivity contribution >= 4 is 14.3 Å². The van der Waals surface area contributed by atoms with Crippen LogP contribution in [0.4, 0.5) is 0 Å². The van der Waals surface area contributed by atoms with Gasteiger partial charge in [0.05, 0.1) is 18.1 Å². The highest BCUT2D eigenvalue weighted by Gasteiger charge is 2.52. The molecule has 102 valence electrons. The maximum Gasteiger partial charge on any atom is 0.333 e. The van der Waals surface area contributed by atoms with Crippen LogP contribution in [-0.4, -0.2) is 21.4 Å². The van der Waals surface area contributed by atoms with Crippen LogP contribution in [0.3, 0.4) is 0 Å². The summed E-state index contributed by atoms with van der Waals surface area (Å²) in [5, 5.41) is 0.762. The second-order valence-corrected chi connectivity index (χ2v) is 10.1. The monoisotopic (exact) mass is 268 g/mol. The van der Waals surface area contributed by atoms with Crippen molar-refractivity contribution in [2.45, 2.75) is 52.6 Å². The zero-order chi connectivity index (χ0) is 14.1. The second-order valence-electron chi connectivity index (χ2n) is 5.49. The normalized spacial score (nSPS) is 18.8. The zero-order valence-corrected chi connectivity index (χ0v) is 13.5. The molecule has 1 aliphatic rings. The van der Waals surface area contributed by atoms with Crippen molar-refractivity contribution in [3.8, 4) is 0 Å². The van der Waals surface area contributed by atoms with Gasteiger partial charge in [0.2, 0.25) is 0 Å². The summed E-state index contributed by atoms with van der Waals surface area (Å²) in [6.07, 6.45) is 1.97. The van der Waals surface area contributed by atoms with Crippen molar-refractivity contribution in [3.63, 3.8) is 0 Å². The summed E-state index contributed by atoms with van der Waals surface area (Å²) in [4.78, 5) is 12.1. The Labute approximate surface area is 111 Å². The maximum atomic E-state index is 12.1. The van der Waals surface area contributed by atoms with E-state index in [9.17, 15) is 4.79 Å². The van der Waals surface area contributed by atoms with Crippen LogP contribution in [0.5, 0.6) is 0 Å². The Hall–Kier alpha value is -1.03. The van der Waals surface area contributed by atoms with E-state index in [1.54, 1.807) is 0 Å². The first kappa shape index (κ1) is 15.0. The fraction of sp³-hybridized carbons (Fsp3) is 0.643. The predicted molar refractivity (Wildman–Crippen MR) is 75.5 cm³/mol. The fourth-order valence-electron chi connectivity index (χ4n) is 2.67. The minimum Gasteiger partial charge on any atom is -0.541 e. The summed E-state index contributed by atoms with van der Waals surface area (Å²) in [6, 6.07) is 0. The van der Waals surface area contributed by atoms with Gasteiger partial charge in [-0.25, -0.2) is 4.79 Å². The number of methoxy groups -OCH3 is 1. The van der Waals surface area contributed by atoms with Gasteiger partial charge in [0.15, 0.2) is 0 Å². The Morgan fingerprint density at radius 3 is 2.11 bits per heavy atom. The minimum absolute atomic E-state index is 0.240. The highest BCUT2D eigenvalue weighted by atomic mass is 28.4. The number of esters is 1. The van der Waals surface area contributed by atoms with Crippen molar-refractivity contribution in [1.82, 2.24) is 0 Å². The van der Waals surface area contributed by atoms with E-state index < -0.39 is 8.32 Å². The molecule has 0 bridgehead atoms. The van der Waals surface area contributed by atoms with E-state index in [4.69, 9.17) is 9.16 Å². The van der Waals surface area contributed by atoms with Gasteiger partial charge in [-0.2, -0.15) is 0 Å². The molecule has 0 fully saturated rings. The minimum atomic E-state index is -2.33. The maximum absolute atomic E-state index is 12.1. The third kappa shape index (κ3) is 2.26. The molecular formula is C14H24O3Si. The Morgan fingerprint density at radius 2 is 1.72 bits per heavy atom. The summed E-state index contributed by atoms with van der Waals surface area (Å²) >= 11 is 0. The van der Waals surface area contributed by atoms with Gasteiger partial charge in [0.25, 0.3) is 8.32 Å². The Balaban J connectivity index is 3.42. The third-order valence-electron chi connectivity index (χ3n) is 3.78. The second kappa shape index (κ2) is 5.30. The van der Waals surface area contributed by atoms with Gasteiger partial charge < -0.3 is 9.16 Å².